The molecule has 0 aliphatic rings. The van der Waals surface area contributed by atoms with E-state index in [1.165, 1.54) is 17.7 Å². The van der Waals surface area contributed by atoms with Crippen LogP contribution in [0.4, 0.5) is 4.39 Å². The summed E-state index contributed by atoms with van der Waals surface area (Å²) in [6.07, 6.45) is 0.172. The molecule has 1 atom stereocenters. The minimum Gasteiger partial charge on any atom is -0.336 e. The van der Waals surface area contributed by atoms with Crippen LogP contribution in [0.25, 0.3) is 0 Å². The third-order valence-corrected chi connectivity index (χ3v) is 4.23. The lowest BCUT2D eigenvalue weighted by Crippen LogP contribution is -2.22. The normalized spacial score (nSPS) is 11.7. The Labute approximate surface area is 142 Å². The molecule has 3 N–H and O–H groups in total. The molecule has 0 saturated carbocycles. The number of carbonyl (C=O) groups excluding carboxylic acids is 1. The summed E-state index contributed by atoms with van der Waals surface area (Å²) < 4.78 is 14.9. The number of thioether (sulfide) groups is 1. The molecule has 1 heterocycles. The number of benzene rings is 1. The van der Waals surface area contributed by atoms with Gasteiger partial charge in [-0.25, -0.2) is 9.07 Å². The summed E-state index contributed by atoms with van der Waals surface area (Å²) in [4.78, 5) is 11.9. The molecule has 1 unspecified atom stereocenters. The summed E-state index contributed by atoms with van der Waals surface area (Å²) in [5, 5.41) is 24.4. The molecule has 0 radical (unpaired) electrons. The van der Waals surface area contributed by atoms with Crippen molar-refractivity contribution in [3.05, 3.63) is 41.5 Å². The molecule has 1 aromatic carbocycles. The van der Waals surface area contributed by atoms with Gasteiger partial charge in [0.1, 0.15) is 11.7 Å². The molecule has 9 heteroatoms. The second kappa shape index (κ2) is 7.70. The second-order valence-electron chi connectivity index (χ2n) is 5.04. The van der Waals surface area contributed by atoms with E-state index in [4.69, 9.17) is 16.5 Å². The lowest BCUT2D eigenvalue weighted by atomic mass is 10.0. The maximum Gasteiger partial charge on any atom is 0.210 e. The number of hydrogen-bond donors (Lipinski definition) is 2. The molecular formula is C15H15FN6OS. The van der Waals surface area contributed by atoms with Crippen molar-refractivity contribution >= 4 is 23.3 Å². The van der Waals surface area contributed by atoms with E-state index in [9.17, 15) is 9.18 Å². The lowest BCUT2D eigenvalue weighted by Gasteiger charge is -2.06. The molecule has 0 aliphatic carbocycles. The van der Waals surface area contributed by atoms with Gasteiger partial charge in [-0.05, 0) is 18.6 Å². The zero-order chi connectivity index (χ0) is 17.7. The fourth-order valence-electron chi connectivity index (χ4n) is 1.97. The molecule has 0 bridgehead atoms. The SMILES string of the molecule is CC(=N)C(C#N)C(=O)CSc1nnc(Cc2ccccc2F)n1N. The number of nitriles is 1. The zero-order valence-electron chi connectivity index (χ0n) is 12.9. The van der Waals surface area contributed by atoms with E-state index >= 15 is 0 Å². The lowest BCUT2D eigenvalue weighted by molar-refractivity contribution is -0.117. The maximum atomic E-state index is 13.7. The summed E-state index contributed by atoms with van der Waals surface area (Å²) in [5.41, 5.74) is 0.436. The van der Waals surface area contributed by atoms with Crippen LogP contribution in [0, 0.1) is 28.5 Å². The quantitative estimate of drug-likeness (QED) is 0.446. The molecule has 1 aromatic heterocycles. The molecule has 0 fully saturated rings. The Balaban J connectivity index is 2.05. The average molecular weight is 346 g/mol. The highest BCUT2D eigenvalue weighted by molar-refractivity contribution is 7.99. The van der Waals surface area contributed by atoms with Crippen molar-refractivity contribution in [2.75, 3.05) is 11.6 Å². The topological polar surface area (TPSA) is 121 Å². The van der Waals surface area contributed by atoms with E-state index in [-0.39, 0.29) is 28.9 Å². The van der Waals surface area contributed by atoms with Gasteiger partial charge < -0.3 is 11.3 Å². The average Bonchev–Trinajstić information content (AvgIpc) is 2.88. The van der Waals surface area contributed by atoms with Crippen LogP contribution in [0.15, 0.2) is 29.4 Å². The zero-order valence-corrected chi connectivity index (χ0v) is 13.7. The largest absolute Gasteiger partial charge is 0.336 e. The monoisotopic (exact) mass is 346 g/mol. The molecule has 7 nitrogen and oxygen atoms in total. The number of rotatable bonds is 7. The molecule has 0 saturated heterocycles. The molecule has 2 rings (SSSR count). The van der Waals surface area contributed by atoms with Crippen LogP contribution in [0.3, 0.4) is 0 Å². The first-order chi connectivity index (χ1) is 11.4. The van der Waals surface area contributed by atoms with E-state index in [0.29, 0.717) is 11.4 Å². The predicted octanol–water partition coefficient (Wildman–Crippen LogP) is 1.56. The maximum absolute atomic E-state index is 13.7. The summed E-state index contributed by atoms with van der Waals surface area (Å²) in [7, 11) is 0. The highest BCUT2D eigenvalue weighted by atomic mass is 32.2. The van der Waals surface area contributed by atoms with Gasteiger partial charge >= 0.3 is 0 Å². The van der Waals surface area contributed by atoms with Crippen LogP contribution in [-0.2, 0) is 11.2 Å². The van der Waals surface area contributed by atoms with E-state index in [1.54, 1.807) is 24.3 Å². The number of nitrogens with two attached hydrogens (primary N) is 1. The summed E-state index contributed by atoms with van der Waals surface area (Å²) >= 11 is 1.03. The number of nitrogens with one attached hydrogen (secondary N) is 1. The van der Waals surface area contributed by atoms with Crippen molar-refractivity contribution in [2.45, 2.75) is 18.5 Å². The van der Waals surface area contributed by atoms with Crippen molar-refractivity contribution in [3.63, 3.8) is 0 Å². The molecule has 0 aliphatic heterocycles. The van der Waals surface area contributed by atoms with Crippen molar-refractivity contribution in [3.8, 4) is 6.07 Å². The molecule has 0 spiro atoms. The Kier molecular flexibility index (Phi) is 5.65. The van der Waals surface area contributed by atoms with E-state index < -0.39 is 11.7 Å². The molecular weight excluding hydrogens is 331 g/mol. The summed E-state index contributed by atoms with van der Waals surface area (Å²) in [6, 6.07) is 8.08. The van der Waals surface area contributed by atoms with Crippen LogP contribution in [0.5, 0.6) is 0 Å². The molecule has 2 aromatic rings. The van der Waals surface area contributed by atoms with Gasteiger partial charge in [-0.15, -0.1) is 10.2 Å². The Morgan fingerprint density at radius 1 is 1.50 bits per heavy atom. The number of nitrogens with zero attached hydrogens (tertiary/aromatic N) is 4. The number of ketones is 1. The number of hydrogen-bond acceptors (Lipinski definition) is 7. The third-order valence-electron chi connectivity index (χ3n) is 3.27. The van der Waals surface area contributed by atoms with Gasteiger partial charge in [-0.1, -0.05) is 30.0 Å². The Bertz CT molecular complexity index is 813. The predicted molar refractivity (Wildman–Crippen MR) is 87.6 cm³/mol. The van der Waals surface area contributed by atoms with Crippen LogP contribution in [0.2, 0.25) is 0 Å². The Hall–Kier alpha value is -2.73. The number of halogens is 1. The third kappa shape index (κ3) is 3.97. The van der Waals surface area contributed by atoms with Gasteiger partial charge in [0, 0.05) is 12.1 Å². The van der Waals surface area contributed by atoms with Gasteiger partial charge in [0.25, 0.3) is 0 Å². The number of aromatic nitrogens is 3. The highest BCUT2D eigenvalue weighted by Crippen LogP contribution is 2.18. The van der Waals surface area contributed by atoms with Gasteiger partial charge in [-0.3, -0.25) is 4.79 Å². The van der Waals surface area contributed by atoms with Gasteiger partial charge in [0.15, 0.2) is 11.6 Å². The van der Waals surface area contributed by atoms with Gasteiger partial charge in [-0.2, -0.15) is 5.26 Å². The minimum absolute atomic E-state index is 0.00226. The number of carbonyl (C=O) groups is 1. The van der Waals surface area contributed by atoms with E-state index in [0.717, 1.165) is 11.8 Å². The van der Waals surface area contributed by atoms with Crippen molar-refractivity contribution in [2.24, 2.45) is 5.92 Å². The summed E-state index contributed by atoms with van der Waals surface area (Å²) in [5.74, 6) is 4.37. The fraction of sp³-hybridized carbons (Fsp3) is 0.267. The molecule has 0 amide bonds. The Morgan fingerprint density at radius 2 is 2.21 bits per heavy atom. The first kappa shape index (κ1) is 17.6. The molecule has 124 valence electrons. The van der Waals surface area contributed by atoms with Gasteiger partial charge in [0.2, 0.25) is 5.16 Å². The fourth-order valence-corrected chi connectivity index (χ4v) is 2.75. The van der Waals surface area contributed by atoms with Crippen LogP contribution in [0.1, 0.15) is 18.3 Å². The van der Waals surface area contributed by atoms with E-state index in [1.807, 2.05) is 0 Å². The van der Waals surface area contributed by atoms with Crippen molar-refractivity contribution in [1.82, 2.24) is 14.9 Å². The first-order valence-electron chi connectivity index (χ1n) is 6.97. The Morgan fingerprint density at radius 3 is 2.83 bits per heavy atom. The smallest absolute Gasteiger partial charge is 0.210 e. The number of Topliss-reactive ketones (excluding diaryl/α,β-unsaturated/α-hetero) is 1. The van der Waals surface area contributed by atoms with Crippen LogP contribution < -0.4 is 5.84 Å². The van der Waals surface area contributed by atoms with Gasteiger partial charge in [0.05, 0.1) is 11.8 Å². The van der Waals surface area contributed by atoms with E-state index in [2.05, 4.69) is 10.2 Å². The number of nitrogen functional groups attached to an aromatic ring is 1. The minimum atomic E-state index is -1.07. The highest BCUT2D eigenvalue weighted by Gasteiger charge is 2.21. The first-order valence-corrected chi connectivity index (χ1v) is 7.95. The second-order valence-corrected chi connectivity index (χ2v) is 5.98. The standard InChI is InChI=1S/C15H15FN6OS/c1-9(18)11(7-17)13(23)8-24-15-21-20-14(22(15)19)6-10-4-2-3-5-12(10)16/h2-5,11,18H,6,8,19H2,1H3. The van der Waals surface area contributed by atoms with Crippen molar-refractivity contribution < 1.29 is 9.18 Å². The molecule has 24 heavy (non-hydrogen) atoms. The van der Waals surface area contributed by atoms with Crippen LogP contribution >= 0.6 is 11.8 Å². The van der Waals surface area contributed by atoms with Crippen LogP contribution in [-0.4, -0.2) is 32.1 Å². The van der Waals surface area contributed by atoms with Crippen molar-refractivity contribution in [1.29, 1.82) is 10.7 Å². The summed E-state index contributed by atoms with van der Waals surface area (Å²) in [6.45, 7) is 1.41.